The number of allylic oxidation sites excluding steroid dienone is 1. The van der Waals surface area contributed by atoms with Crippen molar-refractivity contribution in [2.75, 3.05) is 0 Å². The van der Waals surface area contributed by atoms with Gasteiger partial charge in [0.15, 0.2) is 5.78 Å². The van der Waals surface area contributed by atoms with E-state index in [0.29, 0.717) is 11.3 Å². The zero-order valence-corrected chi connectivity index (χ0v) is 14.4. The summed E-state index contributed by atoms with van der Waals surface area (Å²) in [6.07, 6.45) is 1.64. The fraction of sp³-hybridized carbons (Fsp3) is 0.0435. The molecule has 0 unspecified atom stereocenters. The number of hydrogen-bond acceptors (Lipinski definition) is 3. The first-order chi connectivity index (χ1) is 12.6. The largest absolute Gasteiger partial charge is 0.427 e. The molecule has 0 N–H and O–H groups in total. The molecule has 0 aliphatic heterocycles. The van der Waals surface area contributed by atoms with Crippen molar-refractivity contribution in [3.05, 3.63) is 108 Å². The summed E-state index contributed by atoms with van der Waals surface area (Å²) in [4.78, 5) is 23.7. The van der Waals surface area contributed by atoms with Gasteiger partial charge in [-0.05, 0) is 47.0 Å². The molecule has 128 valence electrons. The molecule has 0 bridgehead atoms. The summed E-state index contributed by atoms with van der Waals surface area (Å²) in [5.41, 5.74) is 3.35. The topological polar surface area (TPSA) is 43.4 Å². The van der Waals surface area contributed by atoms with Crippen LogP contribution in [-0.4, -0.2) is 11.8 Å². The molecule has 0 saturated carbocycles. The molecular weight excluding hydrogens is 324 g/mol. The molecule has 0 aliphatic rings. The molecule has 0 aliphatic carbocycles. The van der Waals surface area contributed by atoms with Gasteiger partial charge in [0.05, 0.1) is 0 Å². The minimum atomic E-state index is -0.389. The van der Waals surface area contributed by atoms with Gasteiger partial charge in [-0.2, -0.15) is 0 Å². The van der Waals surface area contributed by atoms with Crippen LogP contribution in [0, 0.1) is 0 Å². The van der Waals surface area contributed by atoms with Crippen molar-refractivity contribution in [1.82, 2.24) is 0 Å². The lowest BCUT2D eigenvalue weighted by Crippen LogP contribution is -2.02. The van der Waals surface area contributed by atoms with Gasteiger partial charge in [-0.3, -0.25) is 9.59 Å². The lowest BCUT2D eigenvalue weighted by atomic mass is 9.95. The van der Waals surface area contributed by atoms with Crippen LogP contribution >= 0.6 is 0 Å². The van der Waals surface area contributed by atoms with Crippen molar-refractivity contribution in [3.8, 4) is 5.75 Å². The van der Waals surface area contributed by atoms with Gasteiger partial charge in [-0.15, -0.1) is 0 Å². The highest BCUT2D eigenvalue weighted by atomic mass is 16.5. The van der Waals surface area contributed by atoms with Crippen molar-refractivity contribution in [2.45, 2.75) is 6.92 Å². The number of carbonyl (C=O) groups is 2. The first-order valence-corrected chi connectivity index (χ1v) is 8.29. The standard InChI is InChI=1S/C23H18O3/c1-17(24)26-21-14-12-20(13-15-21)23(25)16-22(18-8-4-2-5-9-18)19-10-6-3-7-11-19/h2-16H,1H3. The summed E-state index contributed by atoms with van der Waals surface area (Å²) in [6, 6.07) is 26.2. The Morgan fingerprint density at radius 2 is 1.19 bits per heavy atom. The third-order valence-corrected chi connectivity index (χ3v) is 3.85. The van der Waals surface area contributed by atoms with E-state index in [9.17, 15) is 9.59 Å². The highest BCUT2D eigenvalue weighted by Crippen LogP contribution is 2.24. The average molecular weight is 342 g/mol. The maximum atomic E-state index is 12.8. The third kappa shape index (κ3) is 4.33. The Morgan fingerprint density at radius 3 is 1.65 bits per heavy atom. The molecule has 3 aromatic rings. The molecule has 0 aromatic heterocycles. The third-order valence-electron chi connectivity index (χ3n) is 3.85. The number of ketones is 1. The zero-order chi connectivity index (χ0) is 18.4. The van der Waals surface area contributed by atoms with Gasteiger partial charge in [-0.25, -0.2) is 0 Å². The number of esters is 1. The van der Waals surface area contributed by atoms with Crippen LogP contribution in [0.2, 0.25) is 0 Å². The van der Waals surface area contributed by atoms with Gasteiger partial charge >= 0.3 is 5.97 Å². The molecule has 3 nitrogen and oxygen atoms in total. The second-order valence-corrected chi connectivity index (χ2v) is 5.77. The molecule has 3 rings (SSSR count). The Bertz CT molecular complexity index is 883. The second-order valence-electron chi connectivity index (χ2n) is 5.77. The van der Waals surface area contributed by atoms with Crippen LogP contribution in [0.5, 0.6) is 5.75 Å². The monoisotopic (exact) mass is 342 g/mol. The quantitative estimate of drug-likeness (QED) is 0.286. The summed E-state index contributed by atoms with van der Waals surface area (Å²) in [5.74, 6) is -0.0779. The molecule has 0 fully saturated rings. The predicted octanol–water partition coefficient (Wildman–Crippen LogP) is 4.93. The van der Waals surface area contributed by atoms with Crippen LogP contribution in [0.4, 0.5) is 0 Å². The van der Waals surface area contributed by atoms with E-state index in [-0.39, 0.29) is 11.8 Å². The van der Waals surface area contributed by atoms with Crippen LogP contribution in [-0.2, 0) is 4.79 Å². The van der Waals surface area contributed by atoms with E-state index in [1.807, 2.05) is 60.7 Å². The van der Waals surface area contributed by atoms with Gasteiger partial charge < -0.3 is 4.74 Å². The van der Waals surface area contributed by atoms with Crippen LogP contribution in [0.25, 0.3) is 5.57 Å². The minimum Gasteiger partial charge on any atom is -0.427 e. The number of ether oxygens (including phenoxy) is 1. The minimum absolute atomic E-state index is 0.109. The van der Waals surface area contributed by atoms with Gasteiger partial charge in [0.2, 0.25) is 0 Å². The van der Waals surface area contributed by atoms with E-state index < -0.39 is 0 Å². The maximum absolute atomic E-state index is 12.8. The van der Waals surface area contributed by atoms with Crippen LogP contribution in [0.3, 0.4) is 0 Å². The van der Waals surface area contributed by atoms with Crippen molar-refractivity contribution in [1.29, 1.82) is 0 Å². The highest BCUT2D eigenvalue weighted by molar-refractivity contribution is 6.10. The van der Waals surface area contributed by atoms with Gasteiger partial charge in [0.25, 0.3) is 0 Å². The normalized spacial score (nSPS) is 10.0. The fourth-order valence-electron chi connectivity index (χ4n) is 2.64. The molecule has 0 heterocycles. The average Bonchev–Trinajstić information content (AvgIpc) is 2.67. The summed E-state index contributed by atoms with van der Waals surface area (Å²) < 4.78 is 5.00. The van der Waals surface area contributed by atoms with E-state index in [0.717, 1.165) is 16.7 Å². The number of hydrogen-bond donors (Lipinski definition) is 0. The Labute approximate surface area is 152 Å². The van der Waals surface area contributed by atoms with Crippen molar-refractivity contribution >= 4 is 17.3 Å². The van der Waals surface area contributed by atoms with E-state index in [1.165, 1.54) is 6.92 Å². The smallest absolute Gasteiger partial charge is 0.308 e. The number of benzene rings is 3. The van der Waals surface area contributed by atoms with Crippen molar-refractivity contribution in [2.24, 2.45) is 0 Å². The summed E-state index contributed by atoms with van der Waals surface area (Å²) in [7, 11) is 0. The first kappa shape index (κ1) is 17.4. The van der Waals surface area contributed by atoms with Gasteiger partial charge in [0, 0.05) is 12.5 Å². The van der Waals surface area contributed by atoms with Crippen LogP contribution in [0.15, 0.2) is 91.0 Å². The van der Waals surface area contributed by atoms with Gasteiger partial charge in [0.1, 0.15) is 5.75 Å². The molecule has 0 atom stereocenters. The molecule has 0 spiro atoms. The lowest BCUT2D eigenvalue weighted by molar-refractivity contribution is -0.131. The molecule has 3 heteroatoms. The van der Waals surface area contributed by atoms with E-state index >= 15 is 0 Å². The maximum Gasteiger partial charge on any atom is 0.308 e. The lowest BCUT2D eigenvalue weighted by Gasteiger charge is -2.09. The van der Waals surface area contributed by atoms with Gasteiger partial charge in [-0.1, -0.05) is 60.7 Å². The first-order valence-electron chi connectivity index (χ1n) is 8.29. The molecule has 26 heavy (non-hydrogen) atoms. The Balaban J connectivity index is 1.95. The van der Waals surface area contributed by atoms with Crippen LogP contribution in [0.1, 0.15) is 28.4 Å². The molecule has 3 aromatic carbocycles. The van der Waals surface area contributed by atoms with E-state index in [1.54, 1.807) is 30.3 Å². The second kappa shape index (κ2) is 8.08. The number of rotatable bonds is 5. The summed E-state index contributed by atoms with van der Waals surface area (Å²) in [6.45, 7) is 1.34. The van der Waals surface area contributed by atoms with Crippen molar-refractivity contribution < 1.29 is 14.3 Å². The summed E-state index contributed by atoms with van der Waals surface area (Å²) in [5, 5.41) is 0. The summed E-state index contributed by atoms with van der Waals surface area (Å²) >= 11 is 0. The Hall–Kier alpha value is -3.46. The highest BCUT2D eigenvalue weighted by Gasteiger charge is 2.10. The predicted molar refractivity (Wildman–Crippen MR) is 102 cm³/mol. The zero-order valence-electron chi connectivity index (χ0n) is 14.4. The van der Waals surface area contributed by atoms with E-state index in [2.05, 4.69) is 0 Å². The fourth-order valence-corrected chi connectivity index (χ4v) is 2.64. The molecule has 0 amide bonds. The molecule has 0 saturated heterocycles. The van der Waals surface area contributed by atoms with Crippen LogP contribution < -0.4 is 4.74 Å². The molecule has 0 radical (unpaired) electrons. The Morgan fingerprint density at radius 1 is 0.692 bits per heavy atom. The number of carbonyl (C=O) groups excluding carboxylic acids is 2. The Kier molecular flexibility index (Phi) is 5.40. The van der Waals surface area contributed by atoms with E-state index in [4.69, 9.17) is 4.74 Å². The molecular formula is C23H18O3. The SMILES string of the molecule is CC(=O)Oc1ccc(C(=O)C=C(c2ccccc2)c2ccccc2)cc1. The van der Waals surface area contributed by atoms with Crippen molar-refractivity contribution in [3.63, 3.8) is 0 Å².